The first-order chi connectivity index (χ1) is 13.9. The van der Waals surface area contributed by atoms with Crippen LogP contribution in [0.15, 0.2) is 24.3 Å². The van der Waals surface area contributed by atoms with Crippen LogP contribution < -0.4 is 0 Å². The van der Waals surface area contributed by atoms with Crippen LogP contribution in [-0.4, -0.2) is 55.1 Å². The van der Waals surface area contributed by atoms with Crippen molar-refractivity contribution in [2.45, 2.75) is 75.4 Å². The monoisotopic (exact) mass is 419 g/mol. The predicted octanol–water partition coefficient (Wildman–Crippen LogP) is 4.79. The summed E-state index contributed by atoms with van der Waals surface area (Å²) in [6.07, 6.45) is 5.11. The molecule has 1 saturated carbocycles. The van der Waals surface area contributed by atoms with Crippen molar-refractivity contribution in [3.8, 4) is 0 Å². The smallest absolute Gasteiger partial charge is 0.307 e. The Bertz CT molecular complexity index is 635. The van der Waals surface area contributed by atoms with Crippen LogP contribution in [-0.2, 0) is 25.4 Å². The maximum Gasteiger partial charge on any atom is 0.307 e. The summed E-state index contributed by atoms with van der Waals surface area (Å²) in [4.78, 5) is 14.7. The lowest BCUT2D eigenvalue weighted by molar-refractivity contribution is -0.150. The van der Waals surface area contributed by atoms with Gasteiger partial charge in [0.1, 0.15) is 6.10 Å². The number of rotatable bonds is 7. The van der Waals surface area contributed by atoms with E-state index in [0.717, 1.165) is 51.4 Å². The van der Waals surface area contributed by atoms with Gasteiger partial charge in [-0.1, -0.05) is 51.5 Å². The molecule has 0 radical (unpaired) electrons. The first-order valence-corrected chi connectivity index (χ1v) is 12.2. The quantitative estimate of drug-likeness (QED) is 0.594. The zero-order valence-electron chi connectivity index (χ0n) is 18.3. The number of hydrogen-bond acceptors (Lipinski definition) is 5. The number of nitrogens with zero attached hydrogens (tertiary/aromatic N) is 1. The third kappa shape index (κ3) is 7.30. The van der Waals surface area contributed by atoms with Gasteiger partial charge in [0.15, 0.2) is 0 Å². The summed E-state index contributed by atoms with van der Waals surface area (Å²) in [5.74, 6) is 0.945. The van der Waals surface area contributed by atoms with E-state index in [2.05, 4.69) is 49.9 Å². The maximum absolute atomic E-state index is 12.4. The van der Waals surface area contributed by atoms with Gasteiger partial charge < -0.3 is 9.47 Å². The van der Waals surface area contributed by atoms with Gasteiger partial charge in [0.2, 0.25) is 0 Å². The Morgan fingerprint density at radius 2 is 1.83 bits per heavy atom. The van der Waals surface area contributed by atoms with Gasteiger partial charge in [0, 0.05) is 30.6 Å². The van der Waals surface area contributed by atoms with E-state index in [0.29, 0.717) is 11.7 Å². The standard InChI is InChI=1S/C24H37NO3S/c1-24(2,3)20-10-8-19(9-11-20)18-29-22-7-5-4-6-21(22)28-23(26)12-13-25-14-16-27-17-15-25/h8-11,21-22H,4-7,12-18H2,1-3H3/t21-,22+/m1/s1. The van der Waals surface area contributed by atoms with E-state index < -0.39 is 0 Å². The van der Waals surface area contributed by atoms with Gasteiger partial charge in [-0.15, -0.1) is 11.8 Å². The van der Waals surface area contributed by atoms with Gasteiger partial charge in [0.25, 0.3) is 0 Å². The third-order valence-electron chi connectivity index (χ3n) is 5.94. The van der Waals surface area contributed by atoms with Crippen LogP contribution in [0.2, 0.25) is 0 Å². The lowest BCUT2D eigenvalue weighted by Crippen LogP contribution is -2.38. The van der Waals surface area contributed by atoms with Crippen molar-refractivity contribution in [3.05, 3.63) is 35.4 Å². The number of carbonyl (C=O) groups is 1. The first kappa shape index (κ1) is 22.6. The van der Waals surface area contributed by atoms with Crippen LogP contribution in [0.3, 0.4) is 0 Å². The topological polar surface area (TPSA) is 38.8 Å². The largest absolute Gasteiger partial charge is 0.461 e. The molecule has 0 spiro atoms. The number of thioether (sulfide) groups is 1. The zero-order valence-corrected chi connectivity index (χ0v) is 19.1. The molecule has 3 rings (SSSR count). The molecule has 0 N–H and O–H groups in total. The van der Waals surface area contributed by atoms with Crippen LogP contribution in [0.4, 0.5) is 0 Å². The average Bonchev–Trinajstić information content (AvgIpc) is 2.72. The van der Waals surface area contributed by atoms with Gasteiger partial charge in [-0.3, -0.25) is 9.69 Å². The molecule has 1 aliphatic heterocycles. The molecule has 5 heteroatoms. The number of ether oxygens (including phenoxy) is 2. The van der Waals surface area contributed by atoms with Gasteiger partial charge in [0.05, 0.1) is 19.6 Å². The highest BCUT2D eigenvalue weighted by Gasteiger charge is 2.29. The highest BCUT2D eigenvalue weighted by Crippen LogP contribution is 2.33. The molecule has 1 aliphatic carbocycles. The normalized spacial score (nSPS) is 23.7. The lowest BCUT2D eigenvalue weighted by Gasteiger charge is -2.31. The minimum Gasteiger partial charge on any atom is -0.461 e. The molecule has 0 amide bonds. The van der Waals surface area contributed by atoms with Crippen molar-refractivity contribution >= 4 is 17.7 Å². The van der Waals surface area contributed by atoms with Crippen molar-refractivity contribution in [1.82, 2.24) is 4.90 Å². The molecule has 1 aromatic carbocycles. The van der Waals surface area contributed by atoms with Gasteiger partial charge in [-0.05, 0) is 35.8 Å². The molecule has 29 heavy (non-hydrogen) atoms. The second-order valence-electron chi connectivity index (χ2n) is 9.31. The van der Waals surface area contributed by atoms with Crippen LogP contribution >= 0.6 is 11.8 Å². The zero-order chi connectivity index (χ0) is 20.7. The van der Waals surface area contributed by atoms with Gasteiger partial charge >= 0.3 is 5.97 Å². The second-order valence-corrected chi connectivity index (χ2v) is 10.5. The van der Waals surface area contributed by atoms with Crippen molar-refractivity contribution in [2.75, 3.05) is 32.8 Å². The minimum absolute atomic E-state index is 0.0384. The molecule has 1 saturated heterocycles. The Labute approximate surface area is 180 Å². The summed E-state index contributed by atoms with van der Waals surface area (Å²) in [6, 6.07) is 9.00. The number of benzene rings is 1. The van der Waals surface area contributed by atoms with Gasteiger partial charge in [-0.2, -0.15) is 0 Å². The summed E-state index contributed by atoms with van der Waals surface area (Å²) >= 11 is 1.96. The predicted molar refractivity (Wildman–Crippen MR) is 120 cm³/mol. The van der Waals surface area contributed by atoms with Crippen molar-refractivity contribution in [1.29, 1.82) is 0 Å². The Balaban J connectivity index is 1.45. The van der Waals surface area contributed by atoms with E-state index in [1.807, 2.05) is 11.8 Å². The molecule has 1 aromatic rings. The van der Waals surface area contributed by atoms with Crippen LogP contribution in [0.5, 0.6) is 0 Å². The average molecular weight is 420 g/mol. The molecule has 2 aliphatic rings. The second kappa shape index (κ2) is 10.8. The lowest BCUT2D eigenvalue weighted by atomic mass is 9.87. The number of hydrogen-bond donors (Lipinski definition) is 0. The molecule has 0 bridgehead atoms. The number of morpholine rings is 1. The van der Waals surface area contributed by atoms with Gasteiger partial charge in [-0.25, -0.2) is 0 Å². The molecule has 162 valence electrons. The van der Waals surface area contributed by atoms with Crippen LogP contribution in [0.25, 0.3) is 0 Å². The van der Waals surface area contributed by atoms with E-state index >= 15 is 0 Å². The van der Waals surface area contributed by atoms with E-state index in [-0.39, 0.29) is 17.5 Å². The fourth-order valence-electron chi connectivity index (χ4n) is 3.99. The molecular weight excluding hydrogens is 382 g/mol. The SMILES string of the molecule is CC(C)(C)c1ccc(CS[C@H]2CCCC[C@H]2OC(=O)CCN2CCOCC2)cc1. The van der Waals surface area contributed by atoms with E-state index in [4.69, 9.17) is 9.47 Å². The Hall–Kier alpha value is -1.04. The van der Waals surface area contributed by atoms with Crippen molar-refractivity contribution in [2.24, 2.45) is 0 Å². The minimum atomic E-state index is -0.0384. The summed E-state index contributed by atoms with van der Waals surface area (Å²) in [5.41, 5.74) is 2.91. The highest BCUT2D eigenvalue weighted by molar-refractivity contribution is 7.99. The summed E-state index contributed by atoms with van der Waals surface area (Å²) in [5, 5.41) is 0.415. The first-order valence-electron chi connectivity index (χ1n) is 11.1. The summed E-state index contributed by atoms with van der Waals surface area (Å²) < 4.78 is 11.3. The maximum atomic E-state index is 12.4. The highest BCUT2D eigenvalue weighted by atomic mass is 32.2. The third-order valence-corrected chi connectivity index (χ3v) is 7.41. The molecular formula is C24H37NO3S. The summed E-state index contributed by atoms with van der Waals surface area (Å²) in [6.45, 7) is 10.9. The molecule has 1 heterocycles. The van der Waals surface area contributed by atoms with Crippen molar-refractivity contribution < 1.29 is 14.3 Å². The fraction of sp³-hybridized carbons (Fsp3) is 0.708. The number of carbonyl (C=O) groups excluding carboxylic acids is 1. The fourth-order valence-corrected chi connectivity index (χ4v) is 5.33. The number of esters is 1. The van der Waals surface area contributed by atoms with Crippen LogP contribution in [0.1, 0.15) is 64.0 Å². The van der Waals surface area contributed by atoms with E-state index in [9.17, 15) is 4.79 Å². The van der Waals surface area contributed by atoms with E-state index in [1.165, 1.54) is 24.0 Å². The molecule has 0 unspecified atom stereocenters. The molecule has 0 aromatic heterocycles. The Morgan fingerprint density at radius 3 is 2.52 bits per heavy atom. The van der Waals surface area contributed by atoms with Crippen LogP contribution in [0, 0.1) is 0 Å². The molecule has 4 nitrogen and oxygen atoms in total. The molecule has 2 atom stereocenters. The Kier molecular flexibility index (Phi) is 8.45. The van der Waals surface area contributed by atoms with E-state index in [1.54, 1.807) is 0 Å². The summed E-state index contributed by atoms with van der Waals surface area (Å²) in [7, 11) is 0. The Morgan fingerprint density at radius 1 is 1.14 bits per heavy atom. The van der Waals surface area contributed by atoms with Crippen molar-refractivity contribution in [3.63, 3.8) is 0 Å². The molecule has 2 fully saturated rings.